The molecule has 0 atom stereocenters. The van der Waals surface area contributed by atoms with Crippen LogP contribution in [0.1, 0.15) is 11.8 Å². The fourth-order valence-corrected chi connectivity index (χ4v) is 0.704. The molecule has 0 aliphatic heterocycles. The molecule has 1 aromatic carbocycles. The smallest absolute Gasteiger partial charge is 1.00 e. The van der Waals surface area contributed by atoms with Gasteiger partial charge in [0, 0.05) is 0 Å². The Balaban J connectivity index is 0. The molecule has 1 aromatic rings. The number of phenolic OH excluding ortho intramolecular Hbond substituents is 1. The van der Waals surface area contributed by atoms with Crippen LogP contribution in [0.15, 0.2) is 18.2 Å². The van der Waals surface area contributed by atoms with E-state index in [1.165, 1.54) is 18.2 Å². The molecule has 12 heavy (non-hydrogen) atoms. The molecule has 3 N–H and O–H groups in total. The van der Waals surface area contributed by atoms with Gasteiger partial charge in [0.15, 0.2) is 11.5 Å². The van der Waals surface area contributed by atoms with Crippen LogP contribution in [-0.2, 0) is 0 Å². The maximum atomic E-state index is 10.3. The van der Waals surface area contributed by atoms with Gasteiger partial charge in [0.05, 0.1) is 0 Å². The second-order valence-electron chi connectivity index (χ2n) is 1.98. The molecule has 0 saturated carbocycles. The van der Waals surface area contributed by atoms with Gasteiger partial charge in [-0.25, -0.2) is 4.79 Å². The average molecular weight is 178 g/mol. The fourth-order valence-electron chi connectivity index (χ4n) is 0.704. The van der Waals surface area contributed by atoms with E-state index in [4.69, 9.17) is 15.3 Å². The summed E-state index contributed by atoms with van der Waals surface area (Å²) in [6.07, 6.45) is 0. The Hall–Kier alpha value is -0.710. The van der Waals surface area contributed by atoms with Gasteiger partial charge in [-0.1, -0.05) is 6.07 Å². The van der Waals surface area contributed by atoms with Crippen molar-refractivity contribution in [2.75, 3.05) is 0 Å². The van der Waals surface area contributed by atoms with E-state index in [1.54, 1.807) is 0 Å². The Morgan fingerprint density at radius 1 is 1.33 bits per heavy atom. The van der Waals surface area contributed by atoms with E-state index in [2.05, 4.69) is 0 Å². The zero-order valence-corrected chi connectivity index (χ0v) is 8.48. The molecule has 0 bridgehead atoms. The molecule has 0 spiro atoms. The molecule has 0 aliphatic carbocycles. The van der Waals surface area contributed by atoms with E-state index in [9.17, 15) is 4.79 Å². The second-order valence-corrected chi connectivity index (χ2v) is 1.98. The number of phenols is 2. The predicted octanol–water partition coefficient (Wildman–Crippen LogP) is -2.09. The van der Waals surface area contributed by atoms with Gasteiger partial charge in [0.25, 0.3) is 0 Å². The van der Waals surface area contributed by atoms with Crippen molar-refractivity contribution in [3.8, 4) is 11.5 Å². The van der Waals surface area contributed by atoms with Gasteiger partial charge < -0.3 is 16.7 Å². The van der Waals surface area contributed by atoms with Crippen LogP contribution in [0.4, 0.5) is 0 Å². The zero-order chi connectivity index (χ0) is 8.43. The number of carbonyl (C=O) groups is 1. The van der Waals surface area contributed by atoms with Crippen molar-refractivity contribution in [1.29, 1.82) is 0 Å². The maximum absolute atomic E-state index is 10.3. The van der Waals surface area contributed by atoms with Crippen LogP contribution >= 0.6 is 0 Å². The summed E-state index contributed by atoms with van der Waals surface area (Å²) in [5, 5.41) is 26.2. The fraction of sp³-hybridized carbons (Fsp3) is 0. The van der Waals surface area contributed by atoms with Gasteiger partial charge in [0.2, 0.25) is 0 Å². The molecule has 0 fully saturated rings. The summed E-state index contributed by atoms with van der Waals surface area (Å²) in [7, 11) is 0. The number of rotatable bonds is 1. The first-order valence-corrected chi connectivity index (χ1v) is 2.87. The van der Waals surface area contributed by atoms with Crippen LogP contribution in [0.25, 0.3) is 0 Å². The Bertz CT molecular complexity index is 303. The number of aromatic carboxylic acids is 1. The topological polar surface area (TPSA) is 77.8 Å². The molecule has 0 radical (unpaired) electrons. The summed E-state index contributed by atoms with van der Waals surface area (Å²) >= 11 is 0. The largest absolute Gasteiger partial charge is 1.00 e. The monoisotopic (exact) mass is 178 g/mol. The summed E-state index contributed by atoms with van der Waals surface area (Å²) in [5.74, 6) is -2.29. The van der Waals surface area contributed by atoms with Crippen molar-refractivity contribution in [2.24, 2.45) is 0 Å². The summed E-state index contributed by atoms with van der Waals surface area (Å²) in [4.78, 5) is 10.3. The summed E-state index contributed by atoms with van der Waals surface area (Å²) in [6, 6.07) is 3.76. The molecule has 0 unspecified atom stereocenters. The van der Waals surface area contributed by atoms with E-state index < -0.39 is 17.5 Å². The molecule has 0 saturated heterocycles. The van der Waals surface area contributed by atoms with Crippen molar-refractivity contribution < 1.29 is 51.1 Å². The summed E-state index contributed by atoms with van der Waals surface area (Å²) < 4.78 is 0. The van der Waals surface area contributed by atoms with Gasteiger partial charge in [-0.2, -0.15) is 0 Å². The third-order valence-corrected chi connectivity index (χ3v) is 1.25. The number of carboxylic acid groups (broad SMARTS) is 1. The van der Waals surface area contributed by atoms with Crippen LogP contribution in [-0.4, -0.2) is 21.3 Å². The SMILES string of the molecule is O=C(O)c1cccc(O)c1O.[H-].[Na+]. The molecule has 60 valence electrons. The molecule has 0 aromatic heterocycles. The van der Waals surface area contributed by atoms with Crippen LogP contribution in [0, 0.1) is 0 Å². The third kappa shape index (κ3) is 2.14. The van der Waals surface area contributed by atoms with Crippen molar-refractivity contribution in [3.05, 3.63) is 23.8 Å². The van der Waals surface area contributed by atoms with E-state index in [0.717, 1.165) is 0 Å². The van der Waals surface area contributed by atoms with Crippen molar-refractivity contribution in [1.82, 2.24) is 0 Å². The summed E-state index contributed by atoms with van der Waals surface area (Å²) in [5.41, 5.74) is -0.301. The molecular formula is C7H7NaO4. The second kappa shape index (κ2) is 4.35. The van der Waals surface area contributed by atoms with Crippen LogP contribution in [0.5, 0.6) is 11.5 Å². The predicted molar refractivity (Wildman–Crippen MR) is 37.8 cm³/mol. The number of hydrogen-bond acceptors (Lipinski definition) is 3. The minimum atomic E-state index is -1.27. The molecule has 0 aliphatic rings. The van der Waals surface area contributed by atoms with Crippen molar-refractivity contribution in [2.45, 2.75) is 0 Å². The molecule has 0 heterocycles. The van der Waals surface area contributed by atoms with E-state index >= 15 is 0 Å². The first-order chi connectivity index (χ1) is 5.13. The number of para-hydroxylation sites is 1. The first kappa shape index (κ1) is 11.3. The number of aromatic hydroxyl groups is 2. The number of carboxylic acids is 1. The van der Waals surface area contributed by atoms with Crippen LogP contribution in [0.3, 0.4) is 0 Å². The van der Waals surface area contributed by atoms with Crippen LogP contribution in [0.2, 0.25) is 0 Å². The van der Waals surface area contributed by atoms with E-state index in [-0.39, 0.29) is 36.5 Å². The summed E-state index contributed by atoms with van der Waals surface area (Å²) in [6.45, 7) is 0. The minimum Gasteiger partial charge on any atom is -1.00 e. The Morgan fingerprint density at radius 2 is 1.92 bits per heavy atom. The normalized spacial score (nSPS) is 8.67. The van der Waals surface area contributed by atoms with Gasteiger partial charge >= 0.3 is 35.5 Å². The van der Waals surface area contributed by atoms with Gasteiger partial charge in [0.1, 0.15) is 5.56 Å². The molecular weight excluding hydrogens is 171 g/mol. The van der Waals surface area contributed by atoms with Gasteiger partial charge in [-0.05, 0) is 12.1 Å². The van der Waals surface area contributed by atoms with Gasteiger partial charge in [-0.15, -0.1) is 0 Å². The number of benzene rings is 1. The quantitative estimate of drug-likeness (QED) is 0.340. The Kier molecular flexibility index (Phi) is 4.09. The van der Waals surface area contributed by atoms with E-state index in [0.29, 0.717) is 0 Å². The van der Waals surface area contributed by atoms with Crippen molar-refractivity contribution >= 4 is 5.97 Å². The molecule has 0 amide bonds. The first-order valence-electron chi connectivity index (χ1n) is 2.87. The number of hydrogen-bond donors (Lipinski definition) is 3. The standard InChI is InChI=1S/C7H6O4.Na.H/c8-5-3-1-2-4(6(5)9)7(10)11;;/h1-3,8-9H,(H,10,11);;/q;+1;-1. The molecule has 4 nitrogen and oxygen atoms in total. The van der Waals surface area contributed by atoms with Gasteiger partial charge in [-0.3, -0.25) is 0 Å². The molecule has 5 heteroatoms. The van der Waals surface area contributed by atoms with Crippen LogP contribution < -0.4 is 29.6 Å². The van der Waals surface area contributed by atoms with Crippen molar-refractivity contribution in [3.63, 3.8) is 0 Å². The molecule has 1 rings (SSSR count). The Morgan fingerprint density at radius 3 is 2.33 bits per heavy atom. The maximum Gasteiger partial charge on any atom is 1.00 e. The minimum absolute atomic E-state index is 0. The average Bonchev–Trinajstić information content (AvgIpc) is 1.94. The zero-order valence-electron chi connectivity index (χ0n) is 7.48. The Labute approximate surface area is 92.2 Å². The third-order valence-electron chi connectivity index (χ3n) is 1.25. The van der Waals surface area contributed by atoms with E-state index in [1.807, 2.05) is 0 Å².